The smallest absolute Gasteiger partial charge is 0.411 e. The summed E-state index contributed by atoms with van der Waals surface area (Å²) < 4.78 is 34.6. The van der Waals surface area contributed by atoms with Gasteiger partial charge in [0.15, 0.2) is 12.4 Å². The van der Waals surface area contributed by atoms with Gasteiger partial charge in [-0.25, -0.2) is 17.9 Å². The van der Waals surface area contributed by atoms with E-state index in [1.54, 1.807) is 19.2 Å². The summed E-state index contributed by atoms with van der Waals surface area (Å²) in [6.07, 6.45) is 0.722. The van der Waals surface area contributed by atoms with Crippen molar-refractivity contribution in [2.24, 2.45) is 0 Å². The molecule has 0 saturated carbocycles. The van der Waals surface area contributed by atoms with Crippen LogP contribution in [0.2, 0.25) is 0 Å². The van der Waals surface area contributed by atoms with Gasteiger partial charge in [-0.3, -0.25) is 4.90 Å². The van der Waals surface area contributed by atoms with Crippen molar-refractivity contribution in [1.29, 1.82) is 5.26 Å². The molecule has 154 valence electrons. The Morgan fingerprint density at radius 2 is 2.04 bits per heavy atom. The van der Waals surface area contributed by atoms with Crippen LogP contribution in [0.25, 0.3) is 0 Å². The molecule has 1 amide bonds. The zero-order chi connectivity index (χ0) is 21.3. The first kappa shape index (κ1) is 22.9. The first-order valence-corrected chi connectivity index (χ1v) is 11.5. The average molecular weight is 538 g/mol. The molecule has 2 atom stereocenters. The summed E-state index contributed by atoms with van der Waals surface area (Å²) in [5, 5.41) is 9.34. The lowest BCUT2D eigenvalue weighted by Crippen LogP contribution is -2.45. The van der Waals surface area contributed by atoms with Gasteiger partial charge in [0.05, 0.1) is 4.90 Å². The first-order valence-electron chi connectivity index (χ1n) is 8.43. The van der Waals surface area contributed by atoms with E-state index in [0.717, 1.165) is 0 Å². The van der Waals surface area contributed by atoms with E-state index < -0.39 is 33.9 Å². The number of nitrogens with one attached hydrogen (secondary N) is 1. The molecular formula is C17H22Br2N4O4S. The van der Waals surface area contributed by atoms with E-state index in [4.69, 9.17) is 4.74 Å². The van der Waals surface area contributed by atoms with Crippen LogP contribution in [0, 0.1) is 11.5 Å². The summed E-state index contributed by atoms with van der Waals surface area (Å²) in [7, 11) is -2.22. The van der Waals surface area contributed by atoms with Crippen LogP contribution < -0.4 is 4.72 Å². The highest BCUT2D eigenvalue weighted by atomic mass is 79.9. The third kappa shape index (κ3) is 5.37. The number of benzene rings is 1. The van der Waals surface area contributed by atoms with E-state index in [2.05, 4.69) is 36.6 Å². The zero-order valence-electron chi connectivity index (χ0n) is 15.9. The van der Waals surface area contributed by atoms with Crippen molar-refractivity contribution in [1.82, 2.24) is 14.5 Å². The molecule has 0 radical (unpaired) electrons. The Balaban J connectivity index is 2.12. The number of likely N-dealkylation sites (tertiary alicyclic amines) is 1. The topological polar surface area (TPSA) is 103 Å². The lowest BCUT2D eigenvalue weighted by atomic mass is 10.1. The van der Waals surface area contributed by atoms with E-state index in [-0.39, 0.29) is 17.9 Å². The van der Waals surface area contributed by atoms with Crippen LogP contribution in [0.3, 0.4) is 0 Å². The normalized spacial score (nSPS) is 20.0. The number of sulfonamides is 1. The van der Waals surface area contributed by atoms with Crippen molar-refractivity contribution in [2.75, 3.05) is 13.6 Å². The maximum Gasteiger partial charge on any atom is 0.411 e. The number of ether oxygens (including phenoxy) is 1. The molecule has 8 nitrogen and oxygen atoms in total. The second kappa shape index (κ2) is 8.57. The summed E-state index contributed by atoms with van der Waals surface area (Å²) in [6.45, 7) is 5.69. The fourth-order valence-corrected chi connectivity index (χ4v) is 5.28. The van der Waals surface area contributed by atoms with Crippen molar-refractivity contribution in [3.63, 3.8) is 0 Å². The van der Waals surface area contributed by atoms with E-state index in [0.29, 0.717) is 8.95 Å². The van der Waals surface area contributed by atoms with Gasteiger partial charge in [-0.05, 0) is 54.9 Å². The van der Waals surface area contributed by atoms with Gasteiger partial charge in [0, 0.05) is 40.5 Å². The Labute approximate surface area is 182 Å². The third-order valence-electron chi connectivity index (χ3n) is 4.40. The molecule has 0 aromatic heterocycles. The summed E-state index contributed by atoms with van der Waals surface area (Å²) >= 11 is 6.50. The van der Waals surface area contributed by atoms with Crippen LogP contribution in [0.1, 0.15) is 27.2 Å². The number of carbonyl (C=O) groups is 1. The van der Waals surface area contributed by atoms with Crippen molar-refractivity contribution in [3.05, 3.63) is 27.1 Å². The number of amides is 1. The highest BCUT2D eigenvalue weighted by Gasteiger charge is 2.38. The first-order chi connectivity index (χ1) is 12.8. The minimum atomic E-state index is -3.83. The molecule has 28 heavy (non-hydrogen) atoms. The van der Waals surface area contributed by atoms with Gasteiger partial charge < -0.3 is 9.64 Å². The Morgan fingerprint density at radius 3 is 2.61 bits per heavy atom. The second-order valence-electron chi connectivity index (χ2n) is 7.45. The van der Waals surface area contributed by atoms with Crippen molar-refractivity contribution >= 4 is 48.0 Å². The van der Waals surface area contributed by atoms with Gasteiger partial charge >= 0.3 is 6.09 Å². The fourth-order valence-electron chi connectivity index (χ4n) is 2.54. The molecule has 1 aliphatic heterocycles. The number of rotatable bonds is 4. The molecule has 1 aromatic rings. The molecule has 1 aromatic carbocycles. The Kier molecular flexibility index (Phi) is 7.02. The number of carbonyl (C=O) groups excluding carboxylic acids is 1. The van der Waals surface area contributed by atoms with Crippen LogP contribution in [0.4, 0.5) is 4.79 Å². The molecule has 0 spiro atoms. The molecule has 1 fully saturated rings. The van der Waals surface area contributed by atoms with Gasteiger partial charge in [-0.1, -0.05) is 15.9 Å². The molecule has 1 N–H and O–H groups in total. The molecular weight excluding hydrogens is 516 g/mol. The van der Waals surface area contributed by atoms with E-state index in [9.17, 15) is 18.5 Å². The van der Waals surface area contributed by atoms with E-state index in [1.807, 2.05) is 27.0 Å². The van der Waals surface area contributed by atoms with Gasteiger partial charge in [-0.15, -0.1) is 0 Å². The van der Waals surface area contributed by atoms with Crippen LogP contribution in [-0.2, 0) is 14.8 Å². The lowest BCUT2D eigenvalue weighted by molar-refractivity contribution is 0.00723. The highest BCUT2D eigenvalue weighted by Crippen LogP contribution is 2.27. The third-order valence-corrected chi connectivity index (χ3v) is 7.41. The van der Waals surface area contributed by atoms with Gasteiger partial charge in [0.1, 0.15) is 0 Å². The molecule has 1 saturated heterocycles. The Bertz CT molecular complexity index is 895. The Hall–Kier alpha value is -1.35. The van der Waals surface area contributed by atoms with Gasteiger partial charge in [0.25, 0.3) is 0 Å². The summed E-state index contributed by atoms with van der Waals surface area (Å²) in [5.74, 6) is 0. The standard InChI is InChI=1S/C17H22Br2N4O4S/c1-17(2,3)22(4)16(24)27-15-8-12(9-23(15)10-20)21-28(25,26)14-7-11(18)5-6-13(14)19/h5-7,12,15,21H,8-9H2,1-4H3/t12-,15-/m1/s1. The molecule has 11 heteroatoms. The van der Waals surface area contributed by atoms with Crippen LogP contribution in [-0.4, -0.2) is 55.7 Å². The Morgan fingerprint density at radius 1 is 1.39 bits per heavy atom. The quantitative estimate of drug-likeness (QED) is 0.591. The van der Waals surface area contributed by atoms with Crippen molar-refractivity contribution in [2.45, 2.75) is 49.9 Å². The van der Waals surface area contributed by atoms with E-state index >= 15 is 0 Å². The maximum absolute atomic E-state index is 12.7. The highest BCUT2D eigenvalue weighted by molar-refractivity contribution is 9.11. The van der Waals surface area contributed by atoms with Crippen LogP contribution in [0.5, 0.6) is 0 Å². The summed E-state index contributed by atoms with van der Waals surface area (Å²) in [5.41, 5.74) is -0.443. The number of nitrogens with zero attached hydrogens (tertiary/aromatic N) is 3. The SMILES string of the molecule is CN(C(=O)O[C@@H]1C[C@@H](NS(=O)(=O)c2cc(Br)ccc2Br)CN1C#N)C(C)(C)C. The molecule has 0 bridgehead atoms. The lowest BCUT2D eigenvalue weighted by Gasteiger charge is -2.32. The average Bonchev–Trinajstić information content (AvgIpc) is 2.95. The molecule has 1 aliphatic rings. The molecule has 0 aliphatic carbocycles. The number of hydrogen-bond donors (Lipinski definition) is 1. The van der Waals surface area contributed by atoms with Crippen molar-refractivity contribution in [3.8, 4) is 6.19 Å². The zero-order valence-corrected chi connectivity index (χ0v) is 19.9. The largest absolute Gasteiger partial charge is 0.425 e. The summed E-state index contributed by atoms with van der Waals surface area (Å²) in [4.78, 5) is 15.1. The minimum Gasteiger partial charge on any atom is -0.425 e. The predicted octanol–water partition coefficient (Wildman–Crippen LogP) is 3.24. The minimum absolute atomic E-state index is 0.0818. The molecule has 1 heterocycles. The van der Waals surface area contributed by atoms with Gasteiger partial charge in [-0.2, -0.15) is 5.26 Å². The van der Waals surface area contributed by atoms with Crippen LogP contribution in [0.15, 0.2) is 32.0 Å². The maximum atomic E-state index is 12.7. The number of halogens is 2. The van der Waals surface area contributed by atoms with E-state index in [1.165, 1.54) is 15.9 Å². The predicted molar refractivity (Wildman–Crippen MR) is 111 cm³/mol. The number of hydrogen-bond acceptors (Lipinski definition) is 6. The fraction of sp³-hybridized carbons (Fsp3) is 0.529. The molecule has 2 rings (SSSR count). The van der Waals surface area contributed by atoms with Crippen LogP contribution >= 0.6 is 31.9 Å². The monoisotopic (exact) mass is 536 g/mol. The van der Waals surface area contributed by atoms with Gasteiger partial charge in [0.2, 0.25) is 10.0 Å². The number of nitriles is 1. The molecule has 0 unspecified atom stereocenters. The van der Waals surface area contributed by atoms with Crippen molar-refractivity contribution < 1.29 is 17.9 Å². The summed E-state index contributed by atoms with van der Waals surface area (Å²) in [6, 6.07) is 4.26. The second-order valence-corrected chi connectivity index (χ2v) is 10.9.